The van der Waals surface area contributed by atoms with E-state index in [2.05, 4.69) is 15.2 Å². The molecular weight excluding hydrogens is 389 g/mol. The number of carbonyl (C=O) groups is 2. The van der Waals surface area contributed by atoms with E-state index in [0.29, 0.717) is 42.3 Å². The smallest absolute Gasteiger partial charge is 0.340 e. The van der Waals surface area contributed by atoms with Gasteiger partial charge in [0.15, 0.2) is 0 Å². The van der Waals surface area contributed by atoms with E-state index in [-0.39, 0.29) is 24.4 Å². The highest BCUT2D eigenvalue weighted by molar-refractivity contribution is 6.00. The summed E-state index contributed by atoms with van der Waals surface area (Å²) in [6, 6.07) is 6.22. The quantitative estimate of drug-likeness (QED) is 0.677. The molecule has 0 saturated carbocycles. The average Bonchev–Trinajstić information content (AvgIpc) is 3.04. The third-order valence-corrected chi connectivity index (χ3v) is 5.34. The standard InChI is InChI=1S/C22H28FN3O4/c1-4-30-22(28)19-14(2)20(25-15(19)3)21(27)24-13-18(26-9-11-29-12-10-26)16-5-7-17(23)8-6-16/h5-8,18,25H,4,9-13H2,1-3H3,(H,24,27)/t18-/m0/s1. The summed E-state index contributed by atoms with van der Waals surface area (Å²) in [4.78, 5) is 30.3. The van der Waals surface area contributed by atoms with Crippen LogP contribution in [0.4, 0.5) is 4.39 Å². The molecule has 1 saturated heterocycles. The van der Waals surface area contributed by atoms with Crippen molar-refractivity contribution in [3.8, 4) is 0 Å². The van der Waals surface area contributed by atoms with Crippen LogP contribution in [-0.2, 0) is 9.47 Å². The first kappa shape index (κ1) is 22.0. The number of nitrogens with zero attached hydrogens (tertiary/aromatic N) is 1. The lowest BCUT2D eigenvalue weighted by atomic mass is 10.0. The van der Waals surface area contributed by atoms with Crippen LogP contribution >= 0.6 is 0 Å². The molecule has 162 valence electrons. The number of hydrogen-bond acceptors (Lipinski definition) is 5. The molecule has 0 spiro atoms. The van der Waals surface area contributed by atoms with E-state index in [1.807, 2.05) is 0 Å². The number of halogens is 1. The molecule has 30 heavy (non-hydrogen) atoms. The summed E-state index contributed by atoms with van der Waals surface area (Å²) in [6.07, 6.45) is 0. The summed E-state index contributed by atoms with van der Waals surface area (Å²) >= 11 is 0. The number of morpholine rings is 1. The number of hydrogen-bond donors (Lipinski definition) is 2. The first-order chi connectivity index (χ1) is 14.4. The minimum absolute atomic E-state index is 0.112. The molecule has 2 heterocycles. The zero-order valence-electron chi connectivity index (χ0n) is 17.6. The normalized spacial score (nSPS) is 15.6. The van der Waals surface area contributed by atoms with Crippen LogP contribution in [0.25, 0.3) is 0 Å². The lowest BCUT2D eigenvalue weighted by Crippen LogP contribution is -2.44. The predicted octanol–water partition coefficient (Wildman–Crippen LogP) is 2.75. The number of amides is 1. The number of carbonyl (C=O) groups excluding carboxylic acids is 2. The lowest BCUT2D eigenvalue weighted by Gasteiger charge is -2.35. The fraction of sp³-hybridized carbons (Fsp3) is 0.455. The van der Waals surface area contributed by atoms with Crippen molar-refractivity contribution in [3.05, 3.63) is 58.2 Å². The van der Waals surface area contributed by atoms with Crippen molar-refractivity contribution in [2.75, 3.05) is 39.5 Å². The largest absolute Gasteiger partial charge is 0.462 e. The van der Waals surface area contributed by atoms with Gasteiger partial charge in [-0.3, -0.25) is 9.69 Å². The Hall–Kier alpha value is -2.71. The van der Waals surface area contributed by atoms with Crippen molar-refractivity contribution >= 4 is 11.9 Å². The highest BCUT2D eigenvalue weighted by Gasteiger charge is 2.26. The molecule has 2 N–H and O–H groups in total. The van der Waals surface area contributed by atoms with Gasteiger partial charge in [-0.15, -0.1) is 0 Å². The first-order valence-electron chi connectivity index (χ1n) is 10.1. The molecule has 1 aromatic carbocycles. The number of H-pyrrole nitrogens is 1. The lowest BCUT2D eigenvalue weighted by molar-refractivity contribution is 0.0162. The van der Waals surface area contributed by atoms with E-state index in [0.717, 1.165) is 18.7 Å². The first-order valence-corrected chi connectivity index (χ1v) is 10.1. The molecule has 0 aliphatic carbocycles. The van der Waals surface area contributed by atoms with E-state index in [9.17, 15) is 14.0 Å². The van der Waals surface area contributed by atoms with Crippen LogP contribution in [0.15, 0.2) is 24.3 Å². The molecule has 3 rings (SSSR count). The molecule has 2 aromatic rings. The van der Waals surface area contributed by atoms with Crippen LogP contribution < -0.4 is 5.32 Å². The van der Waals surface area contributed by atoms with Crippen molar-refractivity contribution < 1.29 is 23.5 Å². The Balaban J connectivity index is 1.76. The molecule has 7 nitrogen and oxygen atoms in total. The second-order valence-corrected chi connectivity index (χ2v) is 7.27. The van der Waals surface area contributed by atoms with Crippen molar-refractivity contribution in [2.45, 2.75) is 26.8 Å². The van der Waals surface area contributed by atoms with Crippen LogP contribution in [0.2, 0.25) is 0 Å². The third kappa shape index (κ3) is 4.88. The van der Waals surface area contributed by atoms with Gasteiger partial charge in [0.05, 0.1) is 31.4 Å². The van der Waals surface area contributed by atoms with E-state index in [4.69, 9.17) is 9.47 Å². The van der Waals surface area contributed by atoms with Crippen molar-refractivity contribution in [1.29, 1.82) is 0 Å². The van der Waals surface area contributed by atoms with E-state index in [1.165, 1.54) is 12.1 Å². The van der Waals surface area contributed by atoms with Crippen molar-refractivity contribution in [3.63, 3.8) is 0 Å². The van der Waals surface area contributed by atoms with E-state index >= 15 is 0 Å². The summed E-state index contributed by atoms with van der Waals surface area (Å²) < 4.78 is 23.9. The third-order valence-electron chi connectivity index (χ3n) is 5.34. The maximum Gasteiger partial charge on any atom is 0.340 e. The topological polar surface area (TPSA) is 83.7 Å². The zero-order valence-corrected chi connectivity index (χ0v) is 17.6. The number of aryl methyl sites for hydroxylation is 1. The summed E-state index contributed by atoms with van der Waals surface area (Å²) in [6.45, 7) is 8.50. The van der Waals surface area contributed by atoms with Crippen LogP contribution in [0.1, 0.15) is 50.6 Å². The van der Waals surface area contributed by atoms with Gasteiger partial charge in [0, 0.05) is 25.3 Å². The Labute approximate surface area is 175 Å². The number of aromatic nitrogens is 1. The maximum atomic E-state index is 13.4. The van der Waals surface area contributed by atoms with Crippen molar-refractivity contribution in [2.24, 2.45) is 0 Å². The number of benzene rings is 1. The fourth-order valence-electron chi connectivity index (χ4n) is 3.80. The predicted molar refractivity (Wildman–Crippen MR) is 110 cm³/mol. The summed E-state index contributed by atoms with van der Waals surface area (Å²) in [5, 5.41) is 2.96. The van der Waals surface area contributed by atoms with Gasteiger partial charge in [0.25, 0.3) is 5.91 Å². The maximum absolute atomic E-state index is 13.4. The molecule has 0 radical (unpaired) electrons. The Bertz CT molecular complexity index is 889. The monoisotopic (exact) mass is 417 g/mol. The SMILES string of the molecule is CCOC(=O)c1c(C)[nH]c(C(=O)NC[C@@H](c2ccc(F)cc2)N2CCOCC2)c1C. The molecule has 1 fully saturated rings. The molecule has 1 amide bonds. The molecular formula is C22H28FN3O4. The zero-order chi connectivity index (χ0) is 21.7. The summed E-state index contributed by atoms with van der Waals surface area (Å²) in [7, 11) is 0. The van der Waals surface area contributed by atoms with Gasteiger partial charge in [0.1, 0.15) is 11.5 Å². The second-order valence-electron chi connectivity index (χ2n) is 7.27. The summed E-state index contributed by atoms with van der Waals surface area (Å²) in [5.74, 6) is -1.04. The van der Waals surface area contributed by atoms with E-state index in [1.54, 1.807) is 32.9 Å². The minimum atomic E-state index is -0.444. The fourth-order valence-corrected chi connectivity index (χ4v) is 3.80. The Kier molecular flexibility index (Phi) is 7.23. The van der Waals surface area contributed by atoms with E-state index < -0.39 is 5.97 Å². The number of aromatic amines is 1. The van der Waals surface area contributed by atoms with Gasteiger partial charge in [-0.1, -0.05) is 12.1 Å². The molecule has 1 atom stereocenters. The molecule has 1 aromatic heterocycles. The second kappa shape index (κ2) is 9.86. The highest BCUT2D eigenvalue weighted by Crippen LogP contribution is 2.23. The molecule has 1 aliphatic heterocycles. The molecule has 8 heteroatoms. The number of esters is 1. The Morgan fingerprint density at radius 2 is 1.90 bits per heavy atom. The Morgan fingerprint density at radius 1 is 1.23 bits per heavy atom. The van der Waals surface area contributed by atoms with Crippen LogP contribution in [-0.4, -0.2) is 61.2 Å². The average molecular weight is 417 g/mol. The number of ether oxygens (including phenoxy) is 2. The minimum Gasteiger partial charge on any atom is -0.462 e. The van der Waals surface area contributed by atoms with Gasteiger partial charge in [-0.2, -0.15) is 0 Å². The van der Waals surface area contributed by atoms with Crippen molar-refractivity contribution in [1.82, 2.24) is 15.2 Å². The van der Waals surface area contributed by atoms with Crippen LogP contribution in [0, 0.1) is 19.7 Å². The van der Waals surface area contributed by atoms with Crippen LogP contribution in [0.3, 0.4) is 0 Å². The molecule has 0 bridgehead atoms. The Morgan fingerprint density at radius 3 is 2.53 bits per heavy atom. The molecule has 0 unspecified atom stereocenters. The van der Waals surface area contributed by atoms with Crippen LogP contribution in [0.5, 0.6) is 0 Å². The van der Waals surface area contributed by atoms with Gasteiger partial charge >= 0.3 is 5.97 Å². The molecule has 1 aliphatic rings. The van der Waals surface area contributed by atoms with Gasteiger partial charge < -0.3 is 19.8 Å². The van der Waals surface area contributed by atoms with Gasteiger partial charge in [0.2, 0.25) is 0 Å². The highest BCUT2D eigenvalue weighted by atomic mass is 19.1. The number of nitrogens with one attached hydrogen (secondary N) is 2. The van der Waals surface area contributed by atoms with Gasteiger partial charge in [-0.05, 0) is 44.0 Å². The van der Waals surface area contributed by atoms with Gasteiger partial charge in [-0.25, -0.2) is 9.18 Å². The number of rotatable bonds is 7. The summed E-state index contributed by atoms with van der Waals surface area (Å²) in [5.41, 5.74) is 2.82.